The number of rotatable bonds is 5. The van der Waals surface area contributed by atoms with E-state index < -0.39 is 0 Å². The largest absolute Gasteiger partial charge is 0.492 e. The summed E-state index contributed by atoms with van der Waals surface area (Å²) in [5.74, 6) is 1.20. The number of hydrogen-bond acceptors (Lipinski definition) is 2. The number of ether oxygens (including phenoxy) is 1. The van der Waals surface area contributed by atoms with Crippen molar-refractivity contribution in [3.63, 3.8) is 0 Å². The second-order valence-electron chi connectivity index (χ2n) is 4.06. The summed E-state index contributed by atoms with van der Waals surface area (Å²) in [7, 11) is 0. The van der Waals surface area contributed by atoms with Crippen LogP contribution in [0.1, 0.15) is 0 Å². The summed E-state index contributed by atoms with van der Waals surface area (Å²) < 4.78 is 6.58. The summed E-state index contributed by atoms with van der Waals surface area (Å²) >= 11 is 3.38. The Kier molecular flexibility index (Phi) is 8.14. The maximum absolute atomic E-state index is 5.78. The van der Waals surface area contributed by atoms with Crippen LogP contribution < -0.4 is 15.8 Å². The molecule has 0 aliphatic heterocycles. The topological polar surface area (TPSA) is 59.6 Å². The highest BCUT2D eigenvalue weighted by Crippen LogP contribution is 2.15. The molecule has 112 valence electrons. The number of guanidine groups is 1. The van der Waals surface area contributed by atoms with Gasteiger partial charge in [0.05, 0.1) is 6.54 Å². The lowest BCUT2D eigenvalue weighted by atomic mass is 10.3. The molecule has 2 aromatic carbocycles. The first-order valence-electron chi connectivity index (χ1n) is 6.24. The Balaban J connectivity index is 0.00000220. The average Bonchev–Trinajstić information content (AvgIpc) is 2.46. The highest BCUT2D eigenvalue weighted by Gasteiger charge is 1.95. The van der Waals surface area contributed by atoms with Gasteiger partial charge in [-0.05, 0) is 36.4 Å². The number of halogens is 2. The molecule has 0 unspecified atom stereocenters. The molecule has 0 amide bonds. The molecule has 6 heteroatoms. The third-order valence-electron chi connectivity index (χ3n) is 2.50. The van der Waals surface area contributed by atoms with Crippen LogP contribution in [-0.2, 0) is 0 Å². The number of nitrogens with one attached hydrogen (secondary N) is 1. The predicted molar refractivity (Wildman–Crippen MR) is 102 cm³/mol. The Labute approximate surface area is 149 Å². The highest BCUT2D eigenvalue weighted by atomic mass is 127. The molecule has 4 nitrogen and oxygen atoms in total. The first-order chi connectivity index (χ1) is 9.74. The number of nitrogens with two attached hydrogens (primary N) is 1. The number of para-hydroxylation sites is 1. The van der Waals surface area contributed by atoms with E-state index in [0.717, 1.165) is 15.9 Å². The second kappa shape index (κ2) is 9.62. The monoisotopic (exact) mass is 461 g/mol. The van der Waals surface area contributed by atoms with Crippen molar-refractivity contribution in [2.75, 3.05) is 18.5 Å². The van der Waals surface area contributed by atoms with Crippen LogP contribution in [0.3, 0.4) is 0 Å². The van der Waals surface area contributed by atoms with Gasteiger partial charge in [0.2, 0.25) is 0 Å². The first kappa shape index (κ1) is 17.8. The molecule has 0 aliphatic rings. The zero-order chi connectivity index (χ0) is 14.2. The molecule has 0 fully saturated rings. The molecule has 0 saturated carbocycles. The van der Waals surface area contributed by atoms with E-state index in [4.69, 9.17) is 10.5 Å². The molecule has 0 aromatic heterocycles. The summed E-state index contributed by atoms with van der Waals surface area (Å²) in [6.07, 6.45) is 0. The summed E-state index contributed by atoms with van der Waals surface area (Å²) in [5, 5.41) is 3.01. The highest BCUT2D eigenvalue weighted by molar-refractivity contribution is 14.0. The van der Waals surface area contributed by atoms with Gasteiger partial charge in [-0.1, -0.05) is 34.1 Å². The maximum atomic E-state index is 5.78. The van der Waals surface area contributed by atoms with Gasteiger partial charge in [-0.3, -0.25) is 0 Å². The third kappa shape index (κ3) is 6.81. The Morgan fingerprint density at radius 2 is 1.76 bits per heavy atom. The quantitative estimate of drug-likeness (QED) is 0.307. The normalized spacial score (nSPS) is 10.6. The van der Waals surface area contributed by atoms with Gasteiger partial charge in [0.25, 0.3) is 0 Å². The van der Waals surface area contributed by atoms with Crippen molar-refractivity contribution in [1.29, 1.82) is 0 Å². The molecular formula is C15H17BrIN3O. The van der Waals surface area contributed by atoms with Crippen LogP contribution in [0.2, 0.25) is 0 Å². The molecule has 0 aliphatic carbocycles. The smallest absolute Gasteiger partial charge is 0.193 e. The fourth-order valence-corrected chi connectivity index (χ4v) is 1.83. The molecule has 2 aromatic rings. The fourth-order valence-electron chi connectivity index (χ4n) is 1.57. The number of hydrogen-bond donors (Lipinski definition) is 2. The van der Waals surface area contributed by atoms with E-state index in [-0.39, 0.29) is 24.0 Å². The standard InChI is InChI=1S/C15H16BrN3O.HI/c16-12-6-8-14(9-7-12)20-11-10-18-15(17)19-13-4-2-1-3-5-13;/h1-9H,10-11H2,(H3,17,18,19);1H. The van der Waals surface area contributed by atoms with Crippen LogP contribution in [0.4, 0.5) is 5.69 Å². The van der Waals surface area contributed by atoms with Crippen molar-refractivity contribution in [3.05, 3.63) is 59.1 Å². The molecule has 0 atom stereocenters. The van der Waals surface area contributed by atoms with Crippen LogP contribution in [0, 0.1) is 0 Å². The predicted octanol–water partition coefficient (Wildman–Crippen LogP) is 3.87. The molecule has 21 heavy (non-hydrogen) atoms. The van der Waals surface area contributed by atoms with E-state index in [2.05, 4.69) is 26.2 Å². The summed E-state index contributed by atoms with van der Waals surface area (Å²) in [6.45, 7) is 0.987. The minimum atomic E-state index is 0. The SMILES string of the molecule is I.NC(=NCCOc1ccc(Br)cc1)Nc1ccccc1. The molecule has 3 N–H and O–H groups in total. The first-order valence-corrected chi connectivity index (χ1v) is 7.04. The van der Waals surface area contributed by atoms with Gasteiger partial charge >= 0.3 is 0 Å². The zero-order valence-corrected chi connectivity index (χ0v) is 15.2. The fraction of sp³-hybridized carbons (Fsp3) is 0.133. The van der Waals surface area contributed by atoms with Crippen LogP contribution in [0.15, 0.2) is 64.1 Å². The van der Waals surface area contributed by atoms with E-state index in [1.54, 1.807) is 0 Å². The van der Waals surface area contributed by atoms with Gasteiger partial charge in [-0.15, -0.1) is 24.0 Å². The van der Waals surface area contributed by atoms with Gasteiger partial charge in [-0.25, -0.2) is 4.99 Å². The van der Waals surface area contributed by atoms with E-state index in [1.807, 2.05) is 54.6 Å². The molecule has 0 bridgehead atoms. The molecule has 0 radical (unpaired) electrons. The Morgan fingerprint density at radius 1 is 1.10 bits per heavy atom. The maximum Gasteiger partial charge on any atom is 0.193 e. The Bertz CT molecular complexity index is 561. The molecular weight excluding hydrogens is 445 g/mol. The molecule has 0 saturated heterocycles. The summed E-state index contributed by atoms with van der Waals surface area (Å²) in [6, 6.07) is 17.4. The van der Waals surface area contributed by atoms with Gasteiger partial charge in [-0.2, -0.15) is 0 Å². The van der Waals surface area contributed by atoms with Crippen LogP contribution >= 0.6 is 39.9 Å². The lowest BCUT2D eigenvalue weighted by Crippen LogP contribution is -2.23. The van der Waals surface area contributed by atoms with Gasteiger partial charge in [0.15, 0.2) is 5.96 Å². The average molecular weight is 462 g/mol. The number of nitrogens with zero attached hydrogens (tertiary/aromatic N) is 1. The van der Waals surface area contributed by atoms with Crippen molar-refractivity contribution in [2.45, 2.75) is 0 Å². The molecule has 0 spiro atoms. The van der Waals surface area contributed by atoms with Crippen LogP contribution in [-0.4, -0.2) is 19.1 Å². The van der Waals surface area contributed by atoms with Gasteiger partial charge in [0, 0.05) is 10.2 Å². The van der Waals surface area contributed by atoms with E-state index in [1.165, 1.54) is 0 Å². The van der Waals surface area contributed by atoms with Gasteiger partial charge in [0.1, 0.15) is 12.4 Å². The summed E-state index contributed by atoms with van der Waals surface area (Å²) in [4.78, 5) is 4.20. The number of benzene rings is 2. The van der Waals surface area contributed by atoms with Gasteiger partial charge < -0.3 is 15.8 Å². The van der Waals surface area contributed by atoms with E-state index in [9.17, 15) is 0 Å². The van der Waals surface area contributed by atoms with Crippen LogP contribution in [0.5, 0.6) is 5.75 Å². The number of anilines is 1. The van der Waals surface area contributed by atoms with Crippen molar-refractivity contribution in [3.8, 4) is 5.75 Å². The summed E-state index contributed by atoms with van der Waals surface area (Å²) in [5.41, 5.74) is 6.70. The molecule has 2 rings (SSSR count). The van der Waals surface area contributed by atoms with Crippen molar-refractivity contribution >= 4 is 51.6 Å². The van der Waals surface area contributed by atoms with Crippen LogP contribution in [0.25, 0.3) is 0 Å². The Morgan fingerprint density at radius 3 is 2.43 bits per heavy atom. The van der Waals surface area contributed by atoms with Crippen molar-refractivity contribution in [1.82, 2.24) is 0 Å². The van der Waals surface area contributed by atoms with Crippen molar-refractivity contribution in [2.24, 2.45) is 10.7 Å². The minimum Gasteiger partial charge on any atom is -0.492 e. The third-order valence-corrected chi connectivity index (χ3v) is 3.03. The lowest BCUT2D eigenvalue weighted by molar-refractivity contribution is 0.328. The minimum absolute atomic E-state index is 0. The van der Waals surface area contributed by atoms with Crippen molar-refractivity contribution < 1.29 is 4.74 Å². The molecule has 0 heterocycles. The lowest BCUT2D eigenvalue weighted by Gasteiger charge is -2.06. The van der Waals surface area contributed by atoms with E-state index >= 15 is 0 Å². The second-order valence-corrected chi connectivity index (χ2v) is 4.98. The number of aliphatic imine (C=N–C) groups is 1. The Hall–Kier alpha value is -1.28. The zero-order valence-electron chi connectivity index (χ0n) is 11.3. The van der Waals surface area contributed by atoms with E-state index in [0.29, 0.717) is 19.1 Å².